The summed E-state index contributed by atoms with van der Waals surface area (Å²) >= 11 is 0. The molecule has 13 nitrogen and oxygen atoms in total. The second kappa shape index (κ2) is 15.1. The van der Waals surface area contributed by atoms with E-state index in [1.165, 1.54) is 28.4 Å². The summed E-state index contributed by atoms with van der Waals surface area (Å²) in [4.78, 5) is 15.6. The monoisotopic (exact) mass is 605 g/mol. The first-order chi connectivity index (χ1) is 21.1. The van der Waals surface area contributed by atoms with Gasteiger partial charge in [0.2, 0.25) is 6.79 Å². The topological polar surface area (TPSA) is 122 Å². The van der Waals surface area contributed by atoms with Gasteiger partial charge in [0.15, 0.2) is 11.5 Å². The Morgan fingerprint density at radius 2 is 1.33 bits per heavy atom. The van der Waals surface area contributed by atoms with E-state index in [9.17, 15) is 4.79 Å². The number of methoxy groups -OCH3 is 4. The van der Waals surface area contributed by atoms with Crippen molar-refractivity contribution in [2.75, 3.05) is 62.4 Å². The van der Waals surface area contributed by atoms with Crippen LogP contribution in [0.25, 0.3) is 0 Å². The summed E-state index contributed by atoms with van der Waals surface area (Å²) in [6.07, 6.45) is -3.47. The first-order valence-electron chi connectivity index (χ1n) is 13.9. The highest BCUT2D eigenvalue weighted by atomic mass is 16.7. The van der Waals surface area contributed by atoms with Crippen LogP contribution in [-0.4, -0.2) is 104 Å². The van der Waals surface area contributed by atoms with E-state index in [1.807, 2.05) is 42.5 Å². The molecule has 1 saturated carbocycles. The fourth-order valence-electron chi connectivity index (χ4n) is 5.99. The molecule has 6 atom stereocenters. The van der Waals surface area contributed by atoms with Gasteiger partial charge in [-0.25, -0.2) is 4.79 Å². The Kier molecular flexibility index (Phi) is 11.1. The van der Waals surface area contributed by atoms with Gasteiger partial charge >= 0.3 is 6.09 Å². The third kappa shape index (κ3) is 6.89. The maximum Gasteiger partial charge on any atom is 0.410 e. The summed E-state index contributed by atoms with van der Waals surface area (Å²) in [5, 5.41) is 0. The molecule has 0 N–H and O–H groups in total. The Balaban J connectivity index is 1.61. The predicted molar refractivity (Wildman–Crippen MR) is 148 cm³/mol. The van der Waals surface area contributed by atoms with Gasteiger partial charge in [-0.2, -0.15) is 0 Å². The van der Waals surface area contributed by atoms with Gasteiger partial charge in [-0.15, -0.1) is 0 Å². The summed E-state index contributed by atoms with van der Waals surface area (Å²) in [6, 6.07) is 12.7. The van der Waals surface area contributed by atoms with Crippen molar-refractivity contribution in [2.24, 2.45) is 0 Å². The summed E-state index contributed by atoms with van der Waals surface area (Å²) in [5.74, 6) is 0.703. The van der Waals surface area contributed by atoms with Crippen LogP contribution in [0.2, 0.25) is 0 Å². The van der Waals surface area contributed by atoms with Crippen molar-refractivity contribution >= 4 is 6.09 Å². The molecule has 0 bridgehead atoms. The normalized spacial score (nSPS) is 25.7. The second-order valence-electron chi connectivity index (χ2n) is 10.2. The highest BCUT2D eigenvalue weighted by Crippen LogP contribution is 2.49. The van der Waals surface area contributed by atoms with E-state index in [0.717, 1.165) is 16.7 Å². The van der Waals surface area contributed by atoms with Crippen molar-refractivity contribution in [3.05, 3.63) is 59.2 Å². The summed E-state index contributed by atoms with van der Waals surface area (Å²) in [7, 11) is 6.11. The number of carbonyl (C=O) groups excluding carboxylic acids is 1. The van der Waals surface area contributed by atoms with Gasteiger partial charge in [-0.3, -0.25) is 4.90 Å². The molecule has 1 fully saturated rings. The molecule has 43 heavy (non-hydrogen) atoms. The molecular weight excluding hydrogens is 566 g/mol. The molecule has 5 rings (SSSR count). The largest absolute Gasteiger partial charge is 0.454 e. The van der Waals surface area contributed by atoms with E-state index < -0.39 is 42.5 Å². The number of carbonyl (C=O) groups is 1. The molecule has 1 amide bonds. The average Bonchev–Trinajstić information content (AvgIpc) is 3.50. The number of ether oxygens (including phenoxy) is 11. The highest BCUT2D eigenvalue weighted by molar-refractivity contribution is 5.70. The van der Waals surface area contributed by atoms with Crippen molar-refractivity contribution in [2.45, 2.75) is 49.5 Å². The molecule has 2 heterocycles. The van der Waals surface area contributed by atoms with E-state index in [-0.39, 0.29) is 47.1 Å². The van der Waals surface area contributed by atoms with Crippen molar-refractivity contribution < 1.29 is 56.9 Å². The van der Waals surface area contributed by atoms with Crippen LogP contribution in [0.15, 0.2) is 42.5 Å². The maximum atomic E-state index is 14.0. The van der Waals surface area contributed by atoms with Crippen LogP contribution in [0.3, 0.4) is 0 Å². The summed E-state index contributed by atoms with van der Waals surface area (Å²) in [6.45, 7) is 0.192. The van der Waals surface area contributed by atoms with Gasteiger partial charge in [0.1, 0.15) is 52.1 Å². The zero-order valence-corrected chi connectivity index (χ0v) is 24.8. The highest BCUT2D eigenvalue weighted by Gasteiger charge is 2.59. The number of rotatable bonds is 14. The van der Waals surface area contributed by atoms with Gasteiger partial charge in [-0.1, -0.05) is 30.3 Å². The number of fused-ring (bicyclic) bond motifs is 4. The zero-order chi connectivity index (χ0) is 30.2. The molecule has 1 aliphatic carbocycles. The van der Waals surface area contributed by atoms with Crippen LogP contribution < -0.4 is 9.47 Å². The smallest absolute Gasteiger partial charge is 0.410 e. The predicted octanol–water partition coefficient (Wildman–Crippen LogP) is 2.99. The molecule has 13 heteroatoms. The second-order valence-corrected chi connectivity index (χ2v) is 10.2. The van der Waals surface area contributed by atoms with Crippen LogP contribution in [-0.2, 0) is 55.8 Å². The van der Waals surface area contributed by atoms with Crippen molar-refractivity contribution in [3.8, 4) is 11.5 Å². The van der Waals surface area contributed by atoms with Crippen molar-refractivity contribution in [1.82, 2.24) is 4.90 Å². The van der Waals surface area contributed by atoms with Gasteiger partial charge < -0.3 is 52.1 Å². The van der Waals surface area contributed by atoms with Gasteiger partial charge in [0.25, 0.3) is 0 Å². The van der Waals surface area contributed by atoms with Gasteiger partial charge in [0, 0.05) is 40.9 Å². The lowest BCUT2D eigenvalue weighted by Crippen LogP contribution is -2.69. The fraction of sp³-hybridized carbons (Fsp3) is 0.567. The maximum absolute atomic E-state index is 14.0. The lowest BCUT2D eigenvalue weighted by molar-refractivity contribution is -0.275. The van der Waals surface area contributed by atoms with E-state index >= 15 is 0 Å². The SMILES string of the molecule is COCO[C@@H]1[C@@H](OCOC)[C@@H](OCOC)[C@H]2[C@H](c3cc4c(cc3CN2C(=O)OCc2ccccc2)OCO4)[C@@H]1OCOC. The van der Waals surface area contributed by atoms with Crippen LogP contribution in [0.1, 0.15) is 22.6 Å². The van der Waals surface area contributed by atoms with Crippen LogP contribution in [0.5, 0.6) is 11.5 Å². The van der Waals surface area contributed by atoms with E-state index in [0.29, 0.717) is 11.5 Å². The van der Waals surface area contributed by atoms with E-state index in [4.69, 9.17) is 52.1 Å². The number of hydrogen-bond acceptors (Lipinski definition) is 12. The Labute approximate surface area is 250 Å². The Hall–Kier alpha value is -3.01. The standard InChI is InChI=1S/C30H39NO12/c1-33-14-40-26-24-21-11-23-22(38-18-39-23)10-20(21)12-31(30(32)37-13-19-8-6-5-7-9-19)25(24)27(41-15-34-2)29(43-17-36-4)28(26)42-16-35-3/h5-11,24-29H,12-18H2,1-4H3/t24-,25+,26-,27-,28-,29-/m0/s1. The first-order valence-corrected chi connectivity index (χ1v) is 13.9. The molecule has 0 unspecified atom stereocenters. The third-order valence-electron chi connectivity index (χ3n) is 7.68. The fourth-order valence-corrected chi connectivity index (χ4v) is 5.99. The van der Waals surface area contributed by atoms with Crippen LogP contribution in [0.4, 0.5) is 4.79 Å². The lowest BCUT2D eigenvalue weighted by Gasteiger charge is -2.55. The minimum Gasteiger partial charge on any atom is -0.454 e. The molecule has 0 spiro atoms. The van der Waals surface area contributed by atoms with Crippen LogP contribution >= 0.6 is 0 Å². The van der Waals surface area contributed by atoms with Gasteiger partial charge in [-0.05, 0) is 28.8 Å². The van der Waals surface area contributed by atoms with Crippen molar-refractivity contribution in [1.29, 1.82) is 0 Å². The van der Waals surface area contributed by atoms with Crippen molar-refractivity contribution in [3.63, 3.8) is 0 Å². The quantitative estimate of drug-likeness (QED) is 0.294. The number of amides is 1. The summed E-state index contributed by atoms with van der Waals surface area (Å²) < 4.78 is 63.6. The summed E-state index contributed by atoms with van der Waals surface area (Å²) in [5.41, 5.74) is 2.60. The molecule has 0 aromatic heterocycles. The lowest BCUT2D eigenvalue weighted by atomic mass is 9.69. The third-order valence-corrected chi connectivity index (χ3v) is 7.68. The number of nitrogens with zero attached hydrogens (tertiary/aromatic N) is 1. The average molecular weight is 606 g/mol. The first kappa shape index (κ1) is 31.4. The molecule has 0 radical (unpaired) electrons. The Morgan fingerprint density at radius 3 is 1.95 bits per heavy atom. The molecular formula is C30H39NO12. The minimum absolute atomic E-state index is 0.0420. The molecule has 3 aliphatic rings. The Bertz CT molecular complexity index is 1180. The molecule has 236 valence electrons. The van der Waals surface area contributed by atoms with E-state index in [1.54, 1.807) is 4.90 Å². The minimum atomic E-state index is -0.770. The van der Waals surface area contributed by atoms with Gasteiger partial charge in [0.05, 0.1) is 12.1 Å². The van der Waals surface area contributed by atoms with Crippen LogP contribution in [0, 0.1) is 0 Å². The Morgan fingerprint density at radius 1 is 0.767 bits per heavy atom. The van der Waals surface area contributed by atoms with E-state index in [2.05, 4.69) is 0 Å². The molecule has 2 aromatic carbocycles. The zero-order valence-electron chi connectivity index (χ0n) is 24.8. The molecule has 2 aliphatic heterocycles. The molecule has 0 saturated heterocycles. The number of hydrogen-bond donors (Lipinski definition) is 0. The molecule has 2 aromatic rings. The number of benzene rings is 2.